The van der Waals surface area contributed by atoms with Gasteiger partial charge in [-0.3, -0.25) is 4.18 Å². The van der Waals surface area contributed by atoms with Crippen molar-refractivity contribution in [2.24, 2.45) is 5.92 Å². The Morgan fingerprint density at radius 1 is 1.24 bits per heavy atom. The number of rotatable bonds is 7. The maximum atomic E-state index is 11.5. The van der Waals surface area contributed by atoms with Crippen LogP contribution in [0.25, 0.3) is 5.57 Å². The van der Waals surface area contributed by atoms with E-state index in [0.717, 1.165) is 23.1 Å². The van der Waals surface area contributed by atoms with E-state index in [9.17, 15) is 8.42 Å². The molecule has 0 aliphatic carbocycles. The van der Waals surface area contributed by atoms with Gasteiger partial charge in [-0.15, -0.1) is 0 Å². The lowest BCUT2D eigenvalue weighted by Gasteiger charge is -2.15. The summed E-state index contributed by atoms with van der Waals surface area (Å²) in [7, 11) is -3.42. The molecule has 0 saturated heterocycles. The van der Waals surface area contributed by atoms with Gasteiger partial charge in [0.1, 0.15) is 0 Å². The number of benzene rings is 1. The predicted molar refractivity (Wildman–Crippen MR) is 88.9 cm³/mol. The fraction of sp³-hybridized carbons (Fsp3) is 0.500. The fourth-order valence-corrected chi connectivity index (χ4v) is 2.60. The van der Waals surface area contributed by atoms with Crippen LogP contribution in [-0.4, -0.2) is 20.8 Å². The van der Waals surface area contributed by atoms with E-state index in [1.807, 2.05) is 31.2 Å². The highest BCUT2D eigenvalue weighted by Gasteiger charge is 2.12. The third-order valence-corrected chi connectivity index (χ3v) is 4.56. The van der Waals surface area contributed by atoms with Crippen LogP contribution in [0.15, 0.2) is 29.8 Å². The van der Waals surface area contributed by atoms with Gasteiger partial charge >= 0.3 is 0 Å². The Morgan fingerprint density at radius 3 is 2.29 bits per heavy atom. The van der Waals surface area contributed by atoms with Gasteiger partial charge in [0, 0.05) is 5.02 Å². The van der Waals surface area contributed by atoms with Gasteiger partial charge in [-0.2, -0.15) is 8.42 Å². The Hall–Kier alpha value is -0.840. The van der Waals surface area contributed by atoms with Crippen molar-refractivity contribution in [3.05, 3.63) is 40.4 Å². The molecule has 0 saturated carbocycles. The van der Waals surface area contributed by atoms with E-state index >= 15 is 0 Å². The lowest BCUT2D eigenvalue weighted by atomic mass is 9.93. The van der Waals surface area contributed by atoms with Gasteiger partial charge in [0.25, 0.3) is 10.1 Å². The van der Waals surface area contributed by atoms with Gasteiger partial charge in [0.05, 0.1) is 12.4 Å². The van der Waals surface area contributed by atoms with Crippen LogP contribution in [-0.2, 0) is 14.3 Å². The highest BCUT2D eigenvalue weighted by Crippen LogP contribution is 2.27. The number of hydrogen-bond donors (Lipinski definition) is 0. The molecule has 0 amide bonds. The predicted octanol–water partition coefficient (Wildman–Crippen LogP) is 4.53. The zero-order valence-electron chi connectivity index (χ0n) is 13.0. The van der Waals surface area contributed by atoms with Crippen LogP contribution in [0.5, 0.6) is 0 Å². The summed E-state index contributed by atoms with van der Waals surface area (Å²) in [5.74, 6) is 0.453. The Balaban J connectivity index is 3.04. The van der Waals surface area contributed by atoms with Gasteiger partial charge < -0.3 is 0 Å². The van der Waals surface area contributed by atoms with Gasteiger partial charge in [-0.1, -0.05) is 37.6 Å². The van der Waals surface area contributed by atoms with Gasteiger partial charge in [0.2, 0.25) is 0 Å². The largest absolute Gasteiger partial charge is 0.267 e. The average Bonchev–Trinajstić information content (AvgIpc) is 2.43. The summed E-state index contributed by atoms with van der Waals surface area (Å²) in [6.07, 6.45) is 0.864. The summed E-state index contributed by atoms with van der Waals surface area (Å²) in [4.78, 5) is 0. The van der Waals surface area contributed by atoms with Crippen molar-refractivity contribution in [1.82, 2.24) is 0 Å². The van der Waals surface area contributed by atoms with Crippen LogP contribution < -0.4 is 0 Å². The lowest BCUT2D eigenvalue weighted by Crippen LogP contribution is -2.11. The third-order valence-electron chi connectivity index (χ3n) is 3.13. The van der Waals surface area contributed by atoms with Crippen molar-refractivity contribution in [1.29, 1.82) is 0 Å². The van der Waals surface area contributed by atoms with Gasteiger partial charge in [-0.25, -0.2) is 0 Å². The smallest absolute Gasteiger partial charge is 0.266 e. The Labute approximate surface area is 133 Å². The van der Waals surface area contributed by atoms with E-state index in [2.05, 4.69) is 13.8 Å². The first-order valence-corrected chi connectivity index (χ1v) is 9.02. The molecule has 0 radical (unpaired) electrons. The van der Waals surface area contributed by atoms with E-state index in [0.29, 0.717) is 10.9 Å². The van der Waals surface area contributed by atoms with Crippen molar-refractivity contribution in [3.8, 4) is 0 Å². The van der Waals surface area contributed by atoms with Crippen LogP contribution in [0.3, 0.4) is 0 Å². The van der Waals surface area contributed by atoms with Crippen molar-refractivity contribution in [2.75, 3.05) is 12.4 Å². The number of halogens is 1. The lowest BCUT2D eigenvalue weighted by molar-refractivity contribution is 0.349. The quantitative estimate of drug-likeness (QED) is 0.690. The molecule has 3 nitrogen and oxygen atoms in total. The van der Waals surface area contributed by atoms with Crippen LogP contribution >= 0.6 is 11.6 Å². The first-order chi connectivity index (χ1) is 9.75. The molecule has 1 aromatic carbocycles. The van der Waals surface area contributed by atoms with Gasteiger partial charge in [-0.05, 0) is 55.0 Å². The summed E-state index contributed by atoms with van der Waals surface area (Å²) >= 11 is 5.92. The number of hydrogen-bond acceptors (Lipinski definition) is 3. The number of allylic oxidation sites excluding steroid dienone is 1. The third kappa shape index (κ3) is 6.20. The molecule has 0 fully saturated rings. The molecule has 1 aromatic rings. The van der Waals surface area contributed by atoms with Gasteiger partial charge in [0.15, 0.2) is 0 Å². The topological polar surface area (TPSA) is 43.4 Å². The van der Waals surface area contributed by atoms with E-state index in [1.54, 1.807) is 6.92 Å². The molecule has 0 N–H and O–H groups in total. The van der Waals surface area contributed by atoms with E-state index < -0.39 is 10.1 Å². The average molecular weight is 331 g/mol. The van der Waals surface area contributed by atoms with Crippen LogP contribution in [0, 0.1) is 5.92 Å². The standard InChI is InChI=1S/C16H23ClO3S/c1-5-21(18,19)20-11-13(4)16(10-12(2)3)14-6-8-15(17)9-7-14/h6-9,12H,5,10-11H2,1-4H3. The molecule has 118 valence electrons. The molecule has 0 bridgehead atoms. The Kier molecular flexibility index (Phi) is 6.91. The zero-order valence-corrected chi connectivity index (χ0v) is 14.6. The molecule has 0 spiro atoms. The van der Waals surface area contributed by atoms with E-state index in [4.69, 9.17) is 15.8 Å². The highest BCUT2D eigenvalue weighted by molar-refractivity contribution is 7.86. The van der Waals surface area contributed by atoms with Crippen LogP contribution in [0.2, 0.25) is 5.02 Å². The highest BCUT2D eigenvalue weighted by atomic mass is 35.5. The minimum atomic E-state index is -3.42. The Bertz CT molecular complexity index is 586. The van der Waals surface area contributed by atoms with Crippen molar-refractivity contribution < 1.29 is 12.6 Å². The molecule has 0 unspecified atom stereocenters. The summed E-state index contributed by atoms with van der Waals surface area (Å²) in [5, 5.41) is 0.685. The minimum absolute atomic E-state index is 0.0132. The molecule has 0 aliphatic rings. The van der Waals surface area contributed by atoms with Crippen molar-refractivity contribution in [2.45, 2.75) is 34.1 Å². The second-order valence-electron chi connectivity index (χ2n) is 5.47. The molecule has 21 heavy (non-hydrogen) atoms. The maximum absolute atomic E-state index is 11.5. The summed E-state index contributed by atoms with van der Waals surface area (Å²) in [6, 6.07) is 7.60. The molecule has 0 heterocycles. The SMILES string of the molecule is CCS(=O)(=O)OCC(C)=C(CC(C)C)c1ccc(Cl)cc1. The summed E-state index contributed by atoms with van der Waals surface area (Å²) in [5.41, 5.74) is 3.11. The van der Waals surface area contributed by atoms with E-state index in [1.165, 1.54) is 0 Å². The zero-order chi connectivity index (χ0) is 16.0. The summed E-state index contributed by atoms with van der Waals surface area (Å²) in [6.45, 7) is 7.85. The minimum Gasteiger partial charge on any atom is -0.266 e. The van der Waals surface area contributed by atoms with Crippen LogP contribution in [0.1, 0.15) is 39.7 Å². The molecule has 0 aromatic heterocycles. The first kappa shape index (κ1) is 18.2. The van der Waals surface area contributed by atoms with Crippen molar-refractivity contribution >= 4 is 27.3 Å². The normalized spacial score (nSPS) is 13.4. The Morgan fingerprint density at radius 2 is 1.81 bits per heavy atom. The maximum Gasteiger partial charge on any atom is 0.267 e. The molecular weight excluding hydrogens is 308 g/mol. The second-order valence-corrected chi connectivity index (χ2v) is 7.84. The summed E-state index contributed by atoms with van der Waals surface area (Å²) < 4.78 is 28.0. The monoisotopic (exact) mass is 330 g/mol. The van der Waals surface area contributed by atoms with E-state index in [-0.39, 0.29) is 12.4 Å². The first-order valence-electron chi connectivity index (χ1n) is 7.06. The van der Waals surface area contributed by atoms with Crippen molar-refractivity contribution in [3.63, 3.8) is 0 Å². The fourth-order valence-electron chi connectivity index (χ4n) is 1.95. The molecular formula is C16H23ClO3S. The van der Waals surface area contributed by atoms with Crippen LogP contribution in [0.4, 0.5) is 0 Å². The molecule has 1 rings (SSSR count). The molecule has 0 atom stereocenters. The molecule has 5 heteroatoms. The molecule has 0 aliphatic heterocycles. The second kappa shape index (κ2) is 7.97.